The van der Waals surface area contributed by atoms with Gasteiger partial charge in [-0.05, 0) is 51.1 Å². The van der Waals surface area contributed by atoms with Crippen LogP contribution in [-0.2, 0) is 14.9 Å². The second-order valence-electron chi connectivity index (χ2n) is 10.0. The molecular formula is C27H31N5O5S. The lowest BCUT2D eigenvalue weighted by atomic mass is 9.85. The fourth-order valence-corrected chi connectivity index (χ4v) is 5.42. The molecule has 3 aromatic rings. The Balaban J connectivity index is 1.18. The number of ether oxygens (including phenoxy) is 2. The van der Waals surface area contributed by atoms with Crippen molar-refractivity contribution in [3.63, 3.8) is 0 Å². The molecule has 3 N–H and O–H groups in total. The summed E-state index contributed by atoms with van der Waals surface area (Å²) in [7, 11) is 0. The molecule has 0 saturated carbocycles. The average molecular weight is 538 g/mol. The van der Waals surface area contributed by atoms with Crippen molar-refractivity contribution < 1.29 is 24.2 Å². The first-order valence-electron chi connectivity index (χ1n) is 12.5. The second-order valence-corrected chi connectivity index (χ2v) is 10.9. The van der Waals surface area contributed by atoms with Crippen LogP contribution >= 0.6 is 11.3 Å². The van der Waals surface area contributed by atoms with Gasteiger partial charge >= 0.3 is 0 Å². The van der Waals surface area contributed by atoms with Gasteiger partial charge in [0.2, 0.25) is 5.91 Å². The molecule has 0 aliphatic carbocycles. The Labute approximate surface area is 225 Å². The van der Waals surface area contributed by atoms with E-state index < -0.39 is 5.41 Å². The summed E-state index contributed by atoms with van der Waals surface area (Å²) in [5, 5.41) is 17.4. The molecule has 1 saturated heterocycles. The summed E-state index contributed by atoms with van der Waals surface area (Å²) in [6.07, 6.45) is 0.256. The molecule has 0 bridgehead atoms. The standard InChI is InChI=1S/C27H31N5O5S/c1-16-11-32(12-17(2)37-16)23-6-4-5-20(29-23)21-13-38-26(30-21)31-24(34)10-28-25(35)18-7-8-22-19(9-18)27(3,14-33)15-36-22/h4-9,13,16-17,33H,10-12,14-15H2,1-3H3,(H,28,35)(H,30,31,34)/t16-,17+,27-/m1/s1. The lowest BCUT2D eigenvalue weighted by molar-refractivity contribution is -0.115. The fraction of sp³-hybridized carbons (Fsp3) is 0.407. The van der Waals surface area contributed by atoms with Crippen LogP contribution in [0.4, 0.5) is 10.9 Å². The molecule has 1 fully saturated rings. The number of carbonyl (C=O) groups is 2. The molecule has 2 amide bonds. The van der Waals surface area contributed by atoms with E-state index >= 15 is 0 Å². The maximum atomic E-state index is 12.7. The van der Waals surface area contributed by atoms with Crippen molar-refractivity contribution in [2.24, 2.45) is 0 Å². The lowest BCUT2D eigenvalue weighted by Crippen LogP contribution is -2.45. The number of aliphatic hydroxyl groups excluding tert-OH is 1. The van der Waals surface area contributed by atoms with Gasteiger partial charge in [-0.3, -0.25) is 9.59 Å². The monoisotopic (exact) mass is 537 g/mol. The Morgan fingerprint density at radius 2 is 1.95 bits per heavy atom. The van der Waals surface area contributed by atoms with E-state index in [1.54, 1.807) is 18.2 Å². The van der Waals surface area contributed by atoms with Crippen molar-refractivity contribution >= 4 is 34.1 Å². The second kappa shape index (κ2) is 10.7. The van der Waals surface area contributed by atoms with Crippen LogP contribution in [0.1, 0.15) is 36.7 Å². The van der Waals surface area contributed by atoms with Crippen LogP contribution in [0, 0.1) is 0 Å². The van der Waals surface area contributed by atoms with E-state index in [1.807, 2.05) is 30.5 Å². The van der Waals surface area contributed by atoms with Gasteiger partial charge in [0.1, 0.15) is 17.3 Å². The van der Waals surface area contributed by atoms with Gasteiger partial charge in [0.25, 0.3) is 5.91 Å². The van der Waals surface area contributed by atoms with Crippen LogP contribution in [0.25, 0.3) is 11.4 Å². The molecule has 10 nitrogen and oxygen atoms in total. The van der Waals surface area contributed by atoms with E-state index in [0.717, 1.165) is 30.2 Å². The maximum absolute atomic E-state index is 12.7. The minimum Gasteiger partial charge on any atom is -0.492 e. The third kappa shape index (κ3) is 5.50. The van der Waals surface area contributed by atoms with Crippen molar-refractivity contribution in [3.05, 3.63) is 52.9 Å². The molecule has 38 heavy (non-hydrogen) atoms. The Morgan fingerprint density at radius 3 is 2.71 bits per heavy atom. The molecule has 4 heterocycles. The third-order valence-electron chi connectivity index (χ3n) is 6.69. The molecular weight excluding hydrogens is 506 g/mol. The number of thiazole rings is 1. The predicted molar refractivity (Wildman–Crippen MR) is 145 cm³/mol. The van der Waals surface area contributed by atoms with E-state index in [0.29, 0.717) is 28.7 Å². The van der Waals surface area contributed by atoms with Crippen LogP contribution in [0.5, 0.6) is 5.75 Å². The molecule has 11 heteroatoms. The number of hydrogen-bond acceptors (Lipinski definition) is 9. The lowest BCUT2D eigenvalue weighted by Gasteiger charge is -2.36. The van der Waals surface area contributed by atoms with Crippen molar-refractivity contribution in [1.82, 2.24) is 15.3 Å². The van der Waals surface area contributed by atoms with Gasteiger partial charge in [-0.15, -0.1) is 11.3 Å². The topological polar surface area (TPSA) is 126 Å². The Hall–Kier alpha value is -3.54. The number of morpholine rings is 1. The number of nitrogens with one attached hydrogen (secondary N) is 2. The van der Waals surface area contributed by atoms with E-state index in [-0.39, 0.29) is 37.2 Å². The molecule has 2 aromatic heterocycles. The first kappa shape index (κ1) is 26.1. The van der Waals surface area contributed by atoms with Gasteiger partial charge in [-0.1, -0.05) is 6.07 Å². The fourth-order valence-electron chi connectivity index (χ4n) is 4.70. The number of carbonyl (C=O) groups excluding carboxylic acids is 2. The molecule has 0 radical (unpaired) electrons. The van der Waals surface area contributed by atoms with E-state index in [9.17, 15) is 14.7 Å². The number of rotatable bonds is 7. The minimum atomic E-state index is -0.557. The Bertz CT molecular complexity index is 1340. The molecule has 2 aliphatic heterocycles. The molecule has 1 aromatic carbocycles. The van der Waals surface area contributed by atoms with Gasteiger partial charge in [-0.2, -0.15) is 0 Å². The number of pyridine rings is 1. The maximum Gasteiger partial charge on any atom is 0.251 e. The smallest absolute Gasteiger partial charge is 0.251 e. The molecule has 3 atom stereocenters. The summed E-state index contributed by atoms with van der Waals surface area (Å²) in [5.41, 5.74) is 2.00. The molecule has 2 aliphatic rings. The van der Waals surface area contributed by atoms with Crippen molar-refractivity contribution in [1.29, 1.82) is 0 Å². The third-order valence-corrected chi connectivity index (χ3v) is 7.45. The van der Waals surface area contributed by atoms with E-state index in [1.165, 1.54) is 11.3 Å². The van der Waals surface area contributed by atoms with E-state index in [4.69, 9.17) is 14.5 Å². The molecule has 200 valence electrons. The number of aliphatic hydroxyl groups is 1. The van der Waals surface area contributed by atoms with Crippen LogP contribution < -0.4 is 20.3 Å². The summed E-state index contributed by atoms with van der Waals surface area (Å²) >= 11 is 1.29. The quantitative estimate of drug-likeness (QED) is 0.420. The summed E-state index contributed by atoms with van der Waals surface area (Å²) in [5.74, 6) is 0.748. The zero-order valence-electron chi connectivity index (χ0n) is 21.6. The number of benzene rings is 1. The summed E-state index contributed by atoms with van der Waals surface area (Å²) in [4.78, 5) is 36.7. The summed E-state index contributed by atoms with van der Waals surface area (Å²) in [6.45, 7) is 7.58. The van der Waals surface area contributed by atoms with Gasteiger partial charge in [0, 0.05) is 29.6 Å². The van der Waals surface area contributed by atoms with Crippen LogP contribution in [0.2, 0.25) is 0 Å². The largest absolute Gasteiger partial charge is 0.492 e. The zero-order chi connectivity index (χ0) is 26.9. The highest BCUT2D eigenvalue weighted by Crippen LogP contribution is 2.38. The summed E-state index contributed by atoms with van der Waals surface area (Å²) in [6, 6.07) is 10.9. The van der Waals surface area contributed by atoms with Crippen LogP contribution in [0.15, 0.2) is 41.8 Å². The Morgan fingerprint density at radius 1 is 1.16 bits per heavy atom. The van der Waals surface area contributed by atoms with Gasteiger partial charge < -0.3 is 30.1 Å². The van der Waals surface area contributed by atoms with Crippen molar-refractivity contribution in [2.45, 2.75) is 38.4 Å². The first-order chi connectivity index (χ1) is 18.2. The molecule has 0 unspecified atom stereocenters. The number of hydrogen-bond donors (Lipinski definition) is 3. The summed E-state index contributed by atoms with van der Waals surface area (Å²) < 4.78 is 11.4. The van der Waals surface area contributed by atoms with Gasteiger partial charge in [-0.25, -0.2) is 9.97 Å². The number of aromatic nitrogens is 2. The van der Waals surface area contributed by atoms with Crippen LogP contribution in [0.3, 0.4) is 0 Å². The highest BCUT2D eigenvalue weighted by Gasteiger charge is 2.36. The minimum absolute atomic E-state index is 0.0886. The number of amides is 2. The molecule has 0 spiro atoms. The van der Waals surface area contributed by atoms with Gasteiger partial charge in [0.15, 0.2) is 5.13 Å². The number of anilines is 2. The average Bonchev–Trinajstić information content (AvgIpc) is 3.51. The number of nitrogens with zero attached hydrogens (tertiary/aromatic N) is 3. The molecule has 5 rings (SSSR count). The SMILES string of the molecule is C[C@@H]1CN(c2cccc(-c3csc(NC(=O)CNC(=O)c4ccc5c(c4)[C@](C)(CO)CO5)n3)n2)C[C@H](C)O1. The highest BCUT2D eigenvalue weighted by molar-refractivity contribution is 7.14. The first-order valence-corrected chi connectivity index (χ1v) is 13.4. The van der Waals surface area contributed by atoms with Crippen LogP contribution in [-0.4, -0.2) is 71.9 Å². The van der Waals surface area contributed by atoms with Crippen molar-refractivity contribution in [3.8, 4) is 17.1 Å². The number of fused-ring (bicyclic) bond motifs is 1. The Kier molecular flexibility index (Phi) is 7.33. The van der Waals surface area contributed by atoms with E-state index in [2.05, 4.69) is 34.4 Å². The van der Waals surface area contributed by atoms with Crippen molar-refractivity contribution in [2.75, 3.05) is 43.1 Å². The zero-order valence-corrected chi connectivity index (χ0v) is 22.4. The normalized spacial score (nSPS) is 22.5. The van der Waals surface area contributed by atoms with Gasteiger partial charge in [0.05, 0.1) is 43.1 Å². The highest BCUT2D eigenvalue weighted by atomic mass is 32.1. The predicted octanol–water partition coefficient (Wildman–Crippen LogP) is 2.83.